The van der Waals surface area contributed by atoms with E-state index in [1.54, 1.807) is 49.7 Å². The van der Waals surface area contributed by atoms with Crippen molar-refractivity contribution in [2.75, 3.05) is 41.0 Å². The molecule has 2 aromatic rings. The zero-order valence-electron chi connectivity index (χ0n) is 16.0. The van der Waals surface area contributed by atoms with Crippen LogP contribution in [-0.2, 0) is 0 Å². The molecule has 1 aliphatic heterocycles. The number of quaternary nitrogens is 1. The van der Waals surface area contributed by atoms with Crippen molar-refractivity contribution in [3.63, 3.8) is 0 Å². The number of amides is 1. The van der Waals surface area contributed by atoms with Crippen LogP contribution >= 0.6 is 11.3 Å². The number of benzene rings is 1. The summed E-state index contributed by atoms with van der Waals surface area (Å²) in [5, 5.41) is 5.20. The lowest BCUT2D eigenvalue weighted by molar-refractivity contribution is -0.918. The average molecular weight is 392 g/mol. The molecule has 1 aromatic heterocycles. The first kappa shape index (κ1) is 19.5. The molecule has 146 valence electrons. The van der Waals surface area contributed by atoms with Crippen LogP contribution in [0.1, 0.15) is 34.1 Å². The number of rotatable bonds is 8. The Morgan fingerprint density at radius 1 is 1.15 bits per heavy atom. The smallest absolute Gasteiger partial charge is 0.251 e. The molecular weight excluding hydrogens is 364 g/mol. The third kappa shape index (κ3) is 4.36. The van der Waals surface area contributed by atoms with Gasteiger partial charge in [-0.05, 0) is 23.6 Å². The number of carbonyl (C=O) groups is 1. The van der Waals surface area contributed by atoms with Gasteiger partial charge in [0, 0.05) is 18.4 Å². The number of nitrogens with one attached hydrogen (secondary N) is 2. The molecule has 1 saturated heterocycles. The molecule has 0 saturated carbocycles. The van der Waals surface area contributed by atoms with Crippen LogP contribution in [-0.4, -0.2) is 46.9 Å². The highest BCUT2D eigenvalue weighted by molar-refractivity contribution is 7.10. The van der Waals surface area contributed by atoms with E-state index in [2.05, 4.69) is 22.8 Å². The zero-order valence-corrected chi connectivity index (χ0v) is 16.9. The van der Waals surface area contributed by atoms with Crippen LogP contribution in [0.4, 0.5) is 0 Å². The largest absolute Gasteiger partial charge is 0.493 e. The second-order valence-corrected chi connectivity index (χ2v) is 7.54. The molecule has 0 spiro atoms. The first-order chi connectivity index (χ1) is 13.2. The second-order valence-electron chi connectivity index (χ2n) is 6.56. The molecule has 27 heavy (non-hydrogen) atoms. The fourth-order valence-electron chi connectivity index (χ4n) is 3.62. The summed E-state index contributed by atoms with van der Waals surface area (Å²) in [6.07, 6.45) is 2.50. The molecule has 1 fully saturated rings. The number of hydrogen-bond acceptors (Lipinski definition) is 5. The van der Waals surface area contributed by atoms with Crippen molar-refractivity contribution in [1.82, 2.24) is 5.32 Å². The molecule has 1 aromatic carbocycles. The van der Waals surface area contributed by atoms with Crippen LogP contribution in [0, 0.1) is 0 Å². The zero-order chi connectivity index (χ0) is 19.2. The van der Waals surface area contributed by atoms with Crippen molar-refractivity contribution in [3.8, 4) is 17.2 Å². The van der Waals surface area contributed by atoms with Gasteiger partial charge in [-0.1, -0.05) is 6.07 Å². The standard InChI is InChI=1S/C20H26N2O4S/c1-24-16-11-14(12-17(25-2)19(16)26-3)20(23)21-13-15(18-7-6-10-27-18)22-8-4-5-9-22/h6-7,10-12,15H,4-5,8-9,13H2,1-3H3,(H,21,23)/p+1/t15-/m1/s1. The third-order valence-electron chi connectivity index (χ3n) is 5.02. The van der Waals surface area contributed by atoms with Crippen molar-refractivity contribution in [2.45, 2.75) is 18.9 Å². The van der Waals surface area contributed by atoms with Crippen LogP contribution < -0.4 is 24.4 Å². The first-order valence-electron chi connectivity index (χ1n) is 9.14. The summed E-state index contributed by atoms with van der Waals surface area (Å²) in [5.74, 6) is 1.29. The maximum atomic E-state index is 12.8. The Labute approximate surface area is 164 Å². The number of methoxy groups -OCH3 is 3. The molecule has 3 rings (SSSR count). The van der Waals surface area contributed by atoms with Gasteiger partial charge in [0.2, 0.25) is 5.75 Å². The van der Waals surface area contributed by atoms with Crippen LogP contribution in [0.25, 0.3) is 0 Å². The third-order valence-corrected chi connectivity index (χ3v) is 6.00. The van der Waals surface area contributed by atoms with Gasteiger partial charge in [-0.3, -0.25) is 4.79 Å². The molecule has 2 N–H and O–H groups in total. The normalized spacial score (nSPS) is 15.4. The molecule has 0 aliphatic carbocycles. The van der Waals surface area contributed by atoms with Crippen molar-refractivity contribution in [2.24, 2.45) is 0 Å². The van der Waals surface area contributed by atoms with E-state index < -0.39 is 0 Å². The minimum absolute atomic E-state index is 0.144. The van der Waals surface area contributed by atoms with Crippen molar-refractivity contribution in [3.05, 3.63) is 40.1 Å². The molecular formula is C20H27N2O4S+. The lowest BCUT2D eigenvalue weighted by Crippen LogP contribution is -3.11. The van der Waals surface area contributed by atoms with Crippen LogP contribution in [0.15, 0.2) is 29.6 Å². The van der Waals surface area contributed by atoms with Crippen LogP contribution in [0.3, 0.4) is 0 Å². The Bertz CT molecular complexity index is 732. The molecule has 1 atom stereocenters. The Kier molecular flexibility index (Phi) is 6.58. The van der Waals surface area contributed by atoms with E-state index in [1.165, 1.54) is 17.7 Å². The molecule has 7 heteroatoms. The highest BCUT2D eigenvalue weighted by atomic mass is 32.1. The SMILES string of the molecule is COc1cc(C(=O)NC[C@H](c2cccs2)[NH+]2CCCC2)cc(OC)c1OC. The number of hydrogen-bond donors (Lipinski definition) is 2. The van der Waals surface area contributed by atoms with Crippen LogP contribution in [0.5, 0.6) is 17.2 Å². The monoisotopic (exact) mass is 391 g/mol. The van der Waals surface area contributed by atoms with Crippen molar-refractivity contribution < 1.29 is 23.9 Å². The first-order valence-corrected chi connectivity index (χ1v) is 10.0. The highest BCUT2D eigenvalue weighted by Crippen LogP contribution is 2.38. The van der Waals surface area contributed by atoms with Crippen molar-refractivity contribution >= 4 is 17.2 Å². The number of thiophene rings is 1. The van der Waals surface area contributed by atoms with E-state index in [1.807, 2.05) is 0 Å². The molecule has 0 bridgehead atoms. The molecule has 6 nitrogen and oxygen atoms in total. The fraction of sp³-hybridized carbons (Fsp3) is 0.450. The Morgan fingerprint density at radius 3 is 2.33 bits per heavy atom. The van der Waals surface area contributed by atoms with Gasteiger partial charge in [-0.25, -0.2) is 0 Å². The second kappa shape index (κ2) is 9.10. The maximum Gasteiger partial charge on any atom is 0.251 e. The lowest BCUT2D eigenvalue weighted by atomic mass is 10.1. The van der Waals surface area contributed by atoms with Crippen molar-refractivity contribution in [1.29, 1.82) is 0 Å². The quantitative estimate of drug-likeness (QED) is 0.722. The van der Waals surface area contributed by atoms with E-state index >= 15 is 0 Å². The van der Waals surface area contributed by atoms with Gasteiger partial charge in [0.05, 0.1) is 45.8 Å². The average Bonchev–Trinajstić information content (AvgIpc) is 3.41. The predicted octanol–water partition coefficient (Wildman–Crippen LogP) is 1.92. The summed E-state index contributed by atoms with van der Waals surface area (Å²) in [7, 11) is 4.63. The number of carbonyl (C=O) groups excluding carboxylic acids is 1. The molecule has 2 heterocycles. The Balaban J connectivity index is 1.76. The van der Waals surface area contributed by atoms with E-state index in [-0.39, 0.29) is 5.91 Å². The summed E-state index contributed by atoms with van der Waals surface area (Å²) < 4.78 is 16.0. The summed E-state index contributed by atoms with van der Waals surface area (Å²) >= 11 is 1.75. The predicted molar refractivity (Wildman–Crippen MR) is 105 cm³/mol. The number of ether oxygens (including phenoxy) is 3. The molecule has 1 amide bonds. The summed E-state index contributed by atoms with van der Waals surface area (Å²) in [6, 6.07) is 7.88. The Hall–Kier alpha value is -2.25. The summed E-state index contributed by atoms with van der Waals surface area (Å²) in [6.45, 7) is 2.91. The van der Waals surface area contributed by atoms with E-state index in [0.717, 1.165) is 13.1 Å². The summed E-state index contributed by atoms with van der Waals surface area (Å²) in [4.78, 5) is 15.7. The van der Waals surface area contributed by atoms with Gasteiger partial charge < -0.3 is 24.4 Å². The van der Waals surface area contributed by atoms with Crippen LogP contribution in [0.2, 0.25) is 0 Å². The van der Waals surface area contributed by atoms with Gasteiger partial charge >= 0.3 is 0 Å². The van der Waals surface area contributed by atoms with Gasteiger partial charge in [0.1, 0.15) is 6.04 Å². The fourth-order valence-corrected chi connectivity index (χ4v) is 4.51. The Morgan fingerprint density at radius 2 is 1.81 bits per heavy atom. The maximum absolute atomic E-state index is 12.8. The minimum atomic E-state index is -0.144. The van der Waals surface area contributed by atoms with E-state index in [4.69, 9.17) is 14.2 Å². The van der Waals surface area contributed by atoms with Gasteiger partial charge in [0.25, 0.3) is 5.91 Å². The lowest BCUT2D eigenvalue weighted by Gasteiger charge is -2.24. The summed E-state index contributed by atoms with van der Waals surface area (Å²) in [5.41, 5.74) is 0.492. The van der Waals surface area contributed by atoms with E-state index in [9.17, 15) is 4.79 Å². The molecule has 0 radical (unpaired) electrons. The minimum Gasteiger partial charge on any atom is -0.493 e. The highest BCUT2D eigenvalue weighted by Gasteiger charge is 2.29. The number of likely N-dealkylation sites (tertiary alicyclic amines) is 1. The van der Waals surface area contributed by atoms with Gasteiger partial charge in [-0.2, -0.15) is 0 Å². The van der Waals surface area contributed by atoms with Gasteiger partial charge in [-0.15, -0.1) is 11.3 Å². The topological polar surface area (TPSA) is 61.2 Å². The molecule has 0 unspecified atom stereocenters. The van der Waals surface area contributed by atoms with Gasteiger partial charge in [0.15, 0.2) is 11.5 Å². The van der Waals surface area contributed by atoms with E-state index in [0.29, 0.717) is 35.4 Å². The molecule has 1 aliphatic rings.